The molecule has 186 valence electrons. The molecule has 2 aliphatic rings. The molecule has 0 bridgehead atoms. The van der Waals surface area contributed by atoms with Crippen molar-refractivity contribution < 1.29 is 32.9 Å². The number of ether oxygens (including phenoxy) is 1. The molecule has 0 radical (unpaired) electrons. The topological polar surface area (TPSA) is 111 Å². The van der Waals surface area contributed by atoms with Crippen molar-refractivity contribution in [3.05, 3.63) is 65.5 Å². The molecule has 2 aliphatic heterocycles. The van der Waals surface area contributed by atoms with Crippen molar-refractivity contribution in [2.24, 2.45) is 5.10 Å². The Morgan fingerprint density at radius 2 is 1.78 bits per heavy atom. The monoisotopic (exact) mass is 494 g/mol. The molecule has 2 aromatic carbocycles. The van der Waals surface area contributed by atoms with E-state index in [2.05, 4.69) is 15.2 Å². The normalized spacial score (nSPS) is 17.2. The number of fused-ring (bicyclic) bond motifs is 1. The van der Waals surface area contributed by atoms with Crippen molar-refractivity contribution in [1.82, 2.24) is 9.91 Å². The first-order chi connectivity index (χ1) is 17.2. The average Bonchev–Trinajstić information content (AvgIpc) is 3.21. The van der Waals surface area contributed by atoms with Gasteiger partial charge in [-0.05, 0) is 55.8 Å². The number of carbonyl (C=O) groups excluding carboxylic acids is 4. The first-order valence-corrected chi connectivity index (χ1v) is 11.3. The molecule has 1 N–H and O–H groups in total. The lowest BCUT2D eigenvalue weighted by atomic mass is 10.0. The zero-order valence-corrected chi connectivity index (χ0v) is 20.0. The number of nitrogens with one attached hydrogen (secondary N) is 1. The predicted molar refractivity (Wildman–Crippen MR) is 128 cm³/mol. The van der Waals surface area contributed by atoms with E-state index in [-0.39, 0.29) is 13.1 Å². The summed E-state index contributed by atoms with van der Waals surface area (Å²) in [5, 5.41) is 8.69. The van der Waals surface area contributed by atoms with Crippen LogP contribution in [0, 0.1) is 5.82 Å². The van der Waals surface area contributed by atoms with Gasteiger partial charge in [-0.3, -0.25) is 9.80 Å². The summed E-state index contributed by atoms with van der Waals surface area (Å²) < 4.78 is 19.3. The number of amides is 4. The number of rotatable bonds is 7. The van der Waals surface area contributed by atoms with Gasteiger partial charge in [-0.25, -0.2) is 14.0 Å². The molecule has 1 atom stereocenters. The Bertz CT molecular complexity index is 1290. The maximum Gasteiger partial charge on any atom is 0.501 e. The second-order valence-electron chi connectivity index (χ2n) is 8.27. The maximum atomic E-state index is 13.5. The number of carbonyl (C=O) groups is 4. The van der Waals surface area contributed by atoms with Gasteiger partial charge in [0, 0.05) is 12.2 Å². The number of imide groups is 1. The van der Waals surface area contributed by atoms with Crippen LogP contribution in [0.1, 0.15) is 29.8 Å². The van der Waals surface area contributed by atoms with Gasteiger partial charge in [0.2, 0.25) is 6.04 Å². The summed E-state index contributed by atoms with van der Waals surface area (Å²) in [5.74, 6) is -1.90. The van der Waals surface area contributed by atoms with Crippen molar-refractivity contribution in [3.63, 3.8) is 0 Å². The molecule has 0 saturated heterocycles. The van der Waals surface area contributed by atoms with Gasteiger partial charge in [0.1, 0.15) is 18.1 Å². The summed E-state index contributed by atoms with van der Waals surface area (Å²) in [6.45, 7) is 3.50. The van der Waals surface area contributed by atoms with E-state index in [1.54, 1.807) is 24.1 Å². The molecule has 1 unspecified atom stereocenters. The predicted octanol–water partition coefficient (Wildman–Crippen LogP) is 2.25. The summed E-state index contributed by atoms with van der Waals surface area (Å²) in [6, 6.07) is 10.1. The molecule has 0 aliphatic carbocycles. The van der Waals surface area contributed by atoms with E-state index < -0.39 is 35.7 Å². The van der Waals surface area contributed by atoms with Gasteiger partial charge in [-0.15, -0.1) is 0 Å². The number of methoxy groups -OCH3 is 1. The molecule has 0 spiro atoms. The van der Waals surface area contributed by atoms with Gasteiger partial charge in [-0.1, -0.05) is 12.1 Å². The SMILES string of the molecule is CCN1N=C(C)C2=[N+](CC(=O)Nc3ccc(C(=O)OC)cc3)C(=O)N(Cc3ccc(F)cc3)C(=O)C21. The number of anilines is 1. The van der Waals surface area contributed by atoms with E-state index in [0.29, 0.717) is 34.8 Å². The van der Waals surface area contributed by atoms with Gasteiger partial charge < -0.3 is 10.1 Å². The van der Waals surface area contributed by atoms with Gasteiger partial charge in [0.15, 0.2) is 12.3 Å². The van der Waals surface area contributed by atoms with Crippen molar-refractivity contribution in [3.8, 4) is 0 Å². The molecule has 2 heterocycles. The highest BCUT2D eigenvalue weighted by Gasteiger charge is 2.54. The molecule has 10 nitrogen and oxygen atoms in total. The number of halogens is 1. The Kier molecular flexibility index (Phi) is 6.91. The second kappa shape index (κ2) is 10.1. The second-order valence-corrected chi connectivity index (χ2v) is 8.27. The Morgan fingerprint density at radius 1 is 1.11 bits per heavy atom. The fourth-order valence-electron chi connectivity index (χ4n) is 4.19. The molecule has 2 aromatic rings. The van der Waals surface area contributed by atoms with E-state index >= 15 is 0 Å². The fourth-order valence-corrected chi connectivity index (χ4v) is 4.19. The van der Waals surface area contributed by atoms with Crippen LogP contribution in [0.15, 0.2) is 53.6 Å². The van der Waals surface area contributed by atoms with Crippen LogP contribution in [0.5, 0.6) is 0 Å². The van der Waals surface area contributed by atoms with Crippen molar-refractivity contribution in [1.29, 1.82) is 0 Å². The van der Waals surface area contributed by atoms with Gasteiger partial charge in [0.25, 0.3) is 5.91 Å². The van der Waals surface area contributed by atoms with Gasteiger partial charge in [0.05, 0.1) is 12.7 Å². The third kappa shape index (κ3) is 4.72. The van der Waals surface area contributed by atoms with Crippen LogP contribution in [0.3, 0.4) is 0 Å². The Balaban J connectivity index is 1.61. The third-order valence-electron chi connectivity index (χ3n) is 5.93. The molecule has 11 heteroatoms. The van der Waals surface area contributed by atoms with Crippen LogP contribution >= 0.6 is 0 Å². The van der Waals surface area contributed by atoms with Crippen LogP contribution in [-0.2, 0) is 20.9 Å². The molecule has 0 fully saturated rings. The molecule has 4 rings (SSSR count). The van der Waals surface area contributed by atoms with Crippen LogP contribution in [0.25, 0.3) is 0 Å². The third-order valence-corrected chi connectivity index (χ3v) is 5.93. The number of urea groups is 1. The van der Waals surface area contributed by atoms with Gasteiger partial charge in [-0.2, -0.15) is 19.4 Å². The molecule has 0 saturated carbocycles. The first-order valence-electron chi connectivity index (χ1n) is 11.3. The van der Waals surface area contributed by atoms with Crippen molar-refractivity contribution >= 4 is 40.9 Å². The lowest BCUT2D eigenvalue weighted by Crippen LogP contribution is -2.61. The molecule has 4 amide bonds. The lowest BCUT2D eigenvalue weighted by Gasteiger charge is -2.28. The van der Waals surface area contributed by atoms with Crippen LogP contribution in [0.4, 0.5) is 14.9 Å². The smallest absolute Gasteiger partial charge is 0.465 e. The van der Waals surface area contributed by atoms with Crippen LogP contribution < -0.4 is 5.32 Å². The van der Waals surface area contributed by atoms with E-state index in [1.807, 2.05) is 6.92 Å². The number of likely N-dealkylation sites (N-methyl/N-ethyl adjacent to an activating group) is 1. The minimum Gasteiger partial charge on any atom is -0.465 e. The maximum absolute atomic E-state index is 13.5. The number of esters is 1. The Hall–Kier alpha value is -4.41. The summed E-state index contributed by atoms with van der Waals surface area (Å²) in [7, 11) is 1.27. The van der Waals surface area contributed by atoms with Crippen molar-refractivity contribution in [2.75, 3.05) is 25.5 Å². The fraction of sp³-hybridized carbons (Fsp3) is 0.280. The summed E-state index contributed by atoms with van der Waals surface area (Å²) in [6.07, 6.45) is 0. The zero-order valence-electron chi connectivity index (χ0n) is 20.0. The number of hydrogen-bond donors (Lipinski definition) is 1. The Labute approximate surface area is 206 Å². The summed E-state index contributed by atoms with van der Waals surface area (Å²) in [4.78, 5) is 52.4. The number of benzene rings is 2. The Morgan fingerprint density at radius 3 is 2.39 bits per heavy atom. The minimum atomic E-state index is -0.847. The number of hydrogen-bond acceptors (Lipinski definition) is 7. The molecular formula is C25H25FN5O5+. The van der Waals surface area contributed by atoms with Crippen molar-refractivity contribution in [2.45, 2.75) is 26.4 Å². The van der Waals surface area contributed by atoms with E-state index in [1.165, 1.54) is 48.1 Å². The highest BCUT2D eigenvalue weighted by Crippen LogP contribution is 2.23. The average molecular weight is 495 g/mol. The molecule has 36 heavy (non-hydrogen) atoms. The highest BCUT2D eigenvalue weighted by atomic mass is 19.1. The van der Waals surface area contributed by atoms with E-state index in [0.717, 1.165) is 4.90 Å². The summed E-state index contributed by atoms with van der Waals surface area (Å²) >= 11 is 0. The van der Waals surface area contributed by atoms with E-state index in [4.69, 9.17) is 0 Å². The quantitative estimate of drug-likeness (QED) is 0.467. The zero-order chi connectivity index (χ0) is 26.0. The number of nitrogens with zero attached hydrogens (tertiary/aromatic N) is 4. The molecule has 0 aromatic heterocycles. The summed E-state index contributed by atoms with van der Waals surface area (Å²) in [5.41, 5.74) is 2.14. The molecular weight excluding hydrogens is 469 g/mol. The van der Waals surface area contributed by atoms with Crippen LogP contribution in [-0.4, -0.2) is 76.0 Å². The highest BCUT2D eigenvalue weighted by molar-refractivity contribution is 6.48. The standard InChI is InChI=1S/C25H24FN5O5/c1-4-31-22-21(15(2)28-31)29(14-20(32)27-19-11-7-17(8-12-19)24(34)36-3)25(35)30(23(22)33)13-16-5-9-18(26)10-6-16/h5-12,22H,4,13-14H2,1-3H3/p+1. The number of hydrazone groups is 1. The van der Waals surface area contributed by atoms with Crippen LogP contribution in [0.2, 0.25) is 0 Å². The first kappa shape index (κ1) is 24.7. The van der Waals surface area contributed by atoms with Gasteiger partial charge >= 0.3 is 17.9 Å². The van der Waals surface area contributed by atoms with E-state index in [9.17, 15) is 23.6 Å². The minimum absolute atomic E-state index is 0.0779. The largest absolute Gasteiger partial charge is 0.501 e. The lowest BCUT2D eigenvalue weighted by molar-refractivity contribution is -0.427.